The number of fused-ring (bicyclic) bond motifs is 1. The molecule has 0 saturated carbocycles. The number of carbonyl (C=O) groups is 1. The number of nitrogens with two attached hydrogens (primary N) is 1. The van der Waals surface area contributed by atoms with Gasteiger partial charge in [0.25, 0.3) is 5.91 Å². The highest BCUT2D eigenvalue weighted by Gasteiger charge is 2.36. The van der Waals surface area contributed by atoms with Crippen molar-refractivity contribution in [1.29, 1.82) is 0 Å². The zero-order valence-electron chi connectivity index (χ0n) is 15.6. The minimum absolute atomic E-state index is 0.0569. The summed E-state index contributed by atoms with van der Waals surface area (Å²) in [4.78, 5) is 17.4. The molecule has 3 heterocycles. The Bertz CT molecular complexity index is 1180. The number of pyridine rings is 1. The minimum Gasteiger partial charge on any atom is -0.495 e. The summed E-state index contributed by atoms with van der Waals surface area (Å²) in [5.74, 6) is -0.310. The molecule has 2 aromatic heterocycles. The van der Waals surface area contributed by atoms with Crippen LogP contribution in [-0.2, 0) is 14.8 Å². The molecule has 0 spiro atoms. The van der Waals surface area contributed by atoms with Crippen molar-refractivity contribution in [2.45, 2.75) is 11.0 Å². The van der Waals surface area contributed by atoms with E-state index in [0.717, 1.165) is 5.39 Å². The molecule has 8 nitrogen and oxygen atoms in total. The summed E-state index contributed by atoms with van der Waals surface area (Å²) in [7, 11) is -2.38. The van der Waals surface area contributed by atoms with Crippen molar-refractivity contribution in [2.75, 3.05) is 26.8 Å². The Labute approximate surface area is 171 Å². The maximum atomic E-state index is 13.3. The third-order valence-electron chi connectivity index (χ3n) is 4.77. The molecular formula is C19H19N3O5S2. The fraction of sp³-hybridized carbons (Fsp3) is 0.263. The molecule has 10 heteroatoms. The number of primary amides is 1. The van der Waals surface area contributed by atoms with E-state index in [4.69, 9.17) is 15.2 Å². The van der Waals surface area contributed by atoms with E-state index in [-0.39, 0.29) is 30.3 Å². The molecule has 1 atom stereocenters. The number of thiophene rings is 1. The normalized spacial score (nSPS) is 18.0. The Balaban J connectivity index is 1.74. The van der Waals surface area contributed by atoms with Crippen molar-refractivity contribution >= 4 is 37.5 Å². The number of sulfonamides is 1. The topological polar surface area (TPSA) is 112 Å². The molecule has 4 rings (SSSR count). The van der Waals surface area contributed by atoms with Crippen LogP contribution < -0.4 is 10.5 Å². The van der Waals surface area contributed by atoms with Gasteiger partial charge in [0.1, 0.15) is 20.4 Å². The summed E-state index contributed by atoms with van der Waals surface area (Å²) < 4.78 is 39.0. The van der Waals surface area contributed by atoms with Gasteiger partial charge < -0.3 is 15.2 Å². The zero-order valence-corrected chi connectivity index (χ0v) is 17.2. The summed E-state index contributed by atoms with van der Waals surface area (Å²) in [6.07, 6.45) is 1.00. The molecule has 1 aliphatic heterocycles. The van der Waals surface area contributed by atoms with Crippen LogP contribution in [-0.4, -0.2) is 50.4 Å². The Morgan fingerprint density at radius 1 is 1.31 bits per heavy atom. The molecule has 0 bridgehead atoms. The van der Waals surface area contributed by atoms with Crippen LogP contribution in [0.2, 0.25) is 0 Å². The SMILES string of the molecule is COc1ccccc1S(=O)(=O)N1CCO[C@H](c2c(C(N)=O)sc3ncccc23)C1. The van der Waals surface area contributed by atoms with Crippen molar-refractivity contribution in [3.63, 3.8) is 0 Å². The predicted octanol–water partition coefficient (Wildman–Crippen LogP) is 2.17. The average molecular weight is 434 g/mol. The molecule has 29 heavy (non-hydrogen) atoms. The van der Waals surface area contributed by atoms with E-state index >= 15 is 0 Å². The number of amides is 1. The number of carbonyl (C=O) groups excluding carboxylic acids is 1. The van der Waals surface area contributed by atoms with Gasteiger partial charge in [-0.1, -0.05) is 18.2 Å². The number of nitrogens with zero attached hydrogens (tertiary/aromatic N) is 2. The number of rotatable bonds is 5. The van der Waals surface area contributed by atoms with Gasteiger partial charge in [0.05, 0.1) is 19.8 Å². The number of methoxy groups -OCH3 is 1. The second-order valence-corrected chi connectivity index (χ2v) is 9.34. The van der Waals surface area contributed by atoms with E-state index in [1.54, 1.807) is 30.5 Å². The van der Waals surface area contributed by atoms with Crippen molar-refractivity contribution in [1.82, 2.24) is 9.29 Å². The van der Waals surface area contributed by atoms with Gasteiger partial charge in [-0.2, -0.15) is 4.31 Å². The van der Waals surface area contributed by atoms with Crippen LogP contribution in [0.15, 0.2) is 47.5 Å². The van der Waals surface area contributed by atoms with Crippen molar-refractivity contribution < 1.29 is 22.7 Å². The molecule has 3 aromatic rings. The third kappa shape index (κ3) is 3.48. The Kier molecular flexibility index (Phi) is 5.26. The van der Waals surface area contributed by atoms with Crippen LogP contribution >= 0.6 is 11.3 Å². The van der Waals surface area contributed by atoms with E-state index in [1.165, 1.54) is 28.8 Å². The molecule has 0 unspecified atom stereocenters. The van der Waals surface area contributed by atoms with Crippen LogP contribution in [0.5, 0.6) is 5.75 Å². The van der Waals surface area contributed by atoms with Crippen LogP contribution in [0.25, 0.3) is 10.2 Å². The van der Waals surface area contributed by atoms with Crippen LogP contribution in [0.3, 0.4) is 0 Å². The Hall–Kier alpha value is -2.53. The van der Waals surface area contributed by atoms with Gasteiger partial charge in [-0.3, -0.25) is 4.79 Å². The van der Waals surface area contributed by atoms with Crippen molar-refractivity contribution in [3.8, 4) is 5.75 Å². The van der Waals surface area contributed by atoms with E-state index in [9.17, 15) is 13.2 Å². The third-order valence-corrected chi connectivity index (χ3v) is 7.81. The lowest BCUT2D eigenvalue weighted by molar-refractivity contribution is -0.00192. The standard InChI is InChI=1S/C19H19N3O5S2/c1-26-13-6-2-3-7-15(13)29(24,25)22-9-10-27-14(11-22)16-12-5-4-8-21-19(12)28-17(16)18(20)23/h2-8,14H,9-11H2,1H3,(H2,20,23)/t14-/m0/s1. The molecule has 1 fully saturated rings. The number of morpholine rings is 1. The van der Waals surface area contributed by atoms with E-state index in [2.05, 4.69) is 4.98 Å². The first-order valence-electron chi connectivity index (χ1n) is 8.85. The smallest absolute Gasteiger partial charge is 0.259 e. The van der Waals surface area contributed by atoms with Crippen molar-refractivity contribution in [2.24, 2.45) is 5.73 Å². The molecule has 1 saturated heterocycles. The summed E-state index contributed by atoms with van der Waals surface area (Å²) in [6.45, 7) is 0.444. The molecule has 2 N–H and O–H groups in total. The largest absolute Gasteiger partial charge is 0.495 e. The highest BCUT2D eigenvalue weighted by Crippen LogP contribution is 2.38. The lowest BCUT2D eigenvalue weighted by Gasteiger charge is -2.32. The Morgan fingerprint density at radius 2 is 2.10 bits per heavy atom. The first-order chi connectivity index (χ1) is 13.9. The number of para-hydroxylation sites is 1. The lowest BCUT2D eigenvalue weighted by Crippen LogP contribution is -2.42. The number of benzene rings is 1. The van der Waals surface area contributed by atoms with Gasteiger partial charge in [-0.25, -0.2) is 13.4 Å². The number of ether oxygens (including phenoxy) is 2. The van der Waals surface area contributed by atoms with E-state index in [1.807, 2.05) is 6.07 Å². The fourth-order valence-electron chi connectivity index (χ4n) is 3.44. The highest BCUT2D eigenvalue weighted by molar-refractivity contribution is 7.89. The van der Waals surface area contributed by atoms with Gasteiger partial charge in [0.2, 0.25) is 10.0 Å². The first kappa shape index (κ1) is 19.8. The average Bonchev–Trinajstić information content (AvgIpc) is 3.14. The summed E-state index contributed by atoms with van der Waals surface area (Å²) in [5.41, 5.74) is 6.16. The number of hydrogen-bond acceptors (Lipinski definition) is 7. The quantitative estimate of drug-likeness (QED) is 0.660. The monoisotopic (exact) mass is 433 g/mol. The number of aromatic nitrogens is 1. The van der Waals surface area contributed by atoms with Gasteiger partial charge in [0.15, 0.2) is 0 Å². The van der Waals surface area contributed by atoms with E-state index < -0.39 is 22.0 Å². The highest BCUT2D eigenvalue weighted by atomic mass is 32.2. The van der Waals surface area contributed by atoms with Crippen LogP contribution in [0.1, 0.15) is 21.3 Å². The molecule has 1 aliphatic rings. The van der Waals surface area contributed by atoms with Gasteiger partial charge >= 0.3 is 0 Å². The molecule has 0 radical (unpaired) electrons. The Morgan fingerprint density at radius 3 is 2.86 bits per heavy atom. The van der Waals surface area contributed by atoms with Gasteiger partial charge in [0, 0.05) is 30.2 Å². The summed E-state index contributed by atoms with van der Waals surface area (Å²) >= 11 is 1.18. The molecule has 152 valence electrons. The maximum Gasteiger partial charge on any atom is 0.259 e. The van der Waals surface area contributed by atoms with Gasteiger partial charge in [-0.15, -0.1) is 11.3 Å². The summed E-state index contributed by atoms with van der Waals surface area (Å²) in [6, 6.07) is 10.1. The van der Waals surface area contributed by atoms with Crippen LogP contribution in [0.4, 0.5) is 0 Å². The molecule has 1 amide bonds. The summed E-state index contributed by atoms with van der Waals surface area (Å²) in [5, 5.41) is 0.743. The second kappa shape index (κ2) is 7.71. The number of hydrogen-bond donors (Lipinski definition) is 1. The fourth-order valence-corrected chi connectivity index (χ4v) is 6.07. The van der Waals surface area contributed by atoms with Crippen molar-refractivity contribution in [3.05, 3.63) is 53.0 Å². The molecule has 1 aromatic carbocycles. The molecular weight excluding hydrogens is 414 g/mol. The zero-order chi connectivity index (χ0) is 20.6. The first-order valence-corrected chi connectivity index (χ1v) is 11.1. The van der Waals surface area contributed by atoms with Gasteiger partial charge in [-0.05, 0) is 18.2 Å². The lowest BCUT2D eigenvalue weighted by atomic mass is 10.0. The minimum atomic E-state index is -3.82. The van der Waals surface area contributed by atoms with Crippen LogP contribution in [0, 0.1) is 0 Å². The van der Waals surface area contributed by atoms with E-state index in [0.29, 0.717) is 15.3 Å². The predicted molar refractivity (Wildman–Crippen MR) is 109 cm³/mol. The molecule has 0 aliphatic carbocycles. The second-order valence-electron chi connectivity index (χ2n) is 6.44. The maximum absolute atomic E-state index is 13.3.